The lowest BCUT2D eigenvalue weighted by Gasteiger charge is -2.49. The molecule has 1 rings (SSSR count). The quantitative estimate of drug-likeness (QED) is 0.472. The van der Waals surface area contributed by atoms with Crippen LogP contribution in [0.2, 0.25) is 0 Å². The van der Waals surface area contributed by atoms with Crippen molar-refractivity contribution in [3.05, 3.63) is 12.7 Å². The van der Waals surface area contributed by atoms with Gasteiger partial charge >= 0.3 is 0 Å². The second kappa shape index (κ2) is 6.08. The van der Waals surface area contributed by atoms with Gasteiger partial charge in [0.2, 0.25) is 5.91 Å². The first-order chi connectivity index (χ1) is 8.83. The molecular formula is C14H26N4O. The monoisotopic (exact) mass is 266 g/mol. The van der Waals surface area contributed by atoms with E-state index in [9.17, 15) is 4.79 Å². The van der Waals surface area contributed by atoms with Crippen LogP contribution in [-0.2, 0) is 4.79 Å². The van der Waals surface area contributed by atoms with Crippen LogP contribution in [0.3, 0.4) is 0 Å². The van der Waals surface area contributed by atoms with Crippen molar-refractivity contribution in [1.29, 1.82) is 0 Å². The fourth-order valence-electron chi connectivity index (χ4n) is 2.81. The Labute approximate surface area is 116 Å². The number of hydrogen-bond donors (Lipinski definition) is 1. The van der Waals surface area contributed by atoms with Crippen LogP contribution in [0.1, 0.15) is 27.7 Å². The van der Waals surface area contributed by atoms with E-state index < -0.39 is 0 Å². The molecule has 0 saturated carbocycles. The van der Waals surface area contributed by atoms with Gasteiger partial charge in [-0.25, -0.2) is 0 Å². The largest absolute Gasteiger partial charge is 0.353 e. The van der Waals surface area contributed by atoms with Gasteiger partial charge in [-0.1, -0.05) is 6.08 Å². The molecular weight excluding hydrogens is 240 g/mol. The van der Waals surface area contributed by atoms with E-state index >= 15 is 0 Å². The molecule has 1 aliphatic rings. The van der Waals surface area contributed by atoms with Gasteiger partial charge in [-0.15, -0.1) is 6.58 Å². The van der Waals surface area contributed by atoms with Crippen molar-refractivity contribution >= 4 is 11.9 Å². The smallest absolute Gasteiger partial charge is 0.242 e. The van der Waals surface area contributed by atoms with E-state index in [1.54, 1.807) is 13.1 Å². The third-order valence-corrected chi connectivity index (χ3v) is 3.26. The Morgan fingerprint density at radius 1 is 1.58 bits per heavy atom. The molecule has 1 saturated heterocycles. The van der Waals surface area contributed by atoms with Crippen LogP contribution in [0.25, 0.3) is 0 Å². The number of guanidine groups is 1. The summed E-state index contributed by atoms with van der Waals surface area (Å²) in [6.07, 6.45) is 1.78. The van der Waals surface area contributed by atoms with Crippen LogP contribution in [0.5, 0.6) is 0 Å². The molecule has 108 valence electrons. The minimum atomic E-state index is -0.199. The summed E-state index contributed by atoms with van der Waals surface area (Å²) in [4.78, 5) is 20.5. The van der Waals surface area contributed by atoms with Crippen LogP contribution >= 0.6 is 0 Å². The fourth-order valence-corrected chi connectivity index (χ4v) is 2.81. The molecule has 1 N–H and O–H groups in total. The van der Waals surface area contributed by atoms with Crippen molar-refractivity contribution in [2.24, 2.45) is 4.99 Å². The highest BCUT2D eigenvalue weighted by molar-refractivity contribution is 5.88. The summed E-state index contributed by atoms with van der Waals surface area (Å²) in [6, 6.07) is 0.216. The van der Waals surface area contributed by atoms with Gasteiger partial charge < -0.3 is 15.1 Å². The lowest BCUT2D eigenvalue weighted by Crippen LogP contribution is -2.66. The second-order valence-corrected chi connectivity index (χ2v) is 5.74. The van der Waals surface area contributed by atoms with E-state index in [1.807, 2.05) is 9.80 Å². The van der Waals surface area contributed by atoms with Crippen LogP contribution < -0.4 is 5.32 Å². The summed E-state index contributed by atoms with van der Waals surface area (Å²) < 4.78 is 0. The maximum atomic E-state index is 12.3. The summed E-state index contributed by atoms with van der Waals surface area (Å²) in [5, 5.41) is 3.18. The Kier molecular flexibility index (Phi) is 4.97. The third kappa shape index (κ3) is 3.49. The first kappa shape index (κ1) is 15.5. The molecule has 0 aromatic heterocycles. The molecule has 1 aliphatic heterocycles. The lowest BCUT2D eigenvalue weighted by molar-refractivity contribution is -0.145. The predicted molar refractivity (Wildman–Crippen MR) is 79.2 cm³/mol. The number of nitrogens with one attached hydrogen (secondary N) is 1. The van der Waals surface area contributed by atoms with E-state index in [4.69, 9.17) is 0 Å². The van der Waals surface area contributed by atoms with Gasteiger partial charge in [-0.05, 0) is 27.7 Å². The zero-order valence-electron chi connectivity index (χ0n) is 12.7. The van der Waals surface area contributed by atoms with Crippen molar-refractivity contribution in [2.45, 2.75) is 39.3 Å². The zero-order valence-corrected chi connectivity index (χ0v) is 12.7. The first-order valence-electron chi connectivity index (χ1n) is 6.72. The van der Waals surface area contributed by atoms with Crippen molar-refractivity contribution in [3.8, 4) is 0 Å². The van der Waals surface area contributed by atoms with Crippen LogP contribution in [0.15, 0.2) is 17.6 Å². The fraction of sp³-hybridized carbons (Fsp3) is 0.714. The molecule has 1 heterocycles. The highest BCUT2D eigenvalue weighted by Gasteiger charge is 2.40. The number of piperazine rings is 1. The molecule has 0 aromatic rings. The Balaban J connectivity index is 2.87. The number of rotatable bonds is 3. The van der Waals surface area contributed by atoms with Gasteiger partial charge in [0.15, 0.2) is 5.96 Å². The molecule has 19 heavy (non-hydrogen) atoms. The Morgan fingerprint density at radius 2 is 2.21 bits per heavy atom. The maximum Gasteiger partial charge on any atom is 0.242 e. The summed E-state index contributed by atoms with van der Waals surface area (Å²) >= 11 is 0. The second-order valence-electron chi connectivity index (χ2n) is 5.74. The molecule has 0 bridgehead atoms. The van der Waals surface area contributed by atoms with Gasteiger partial charge in [-0.3, -0.25) is 9.79 Å². The van der Waals surface area contributed by atoms with Gasteiger partial charge in [0.05, 0.1) is 12.1 Å². The molecule has 0 aromatic carbocycles. The Morgan fingerprint density at radius 3 is 2.63 bits per heavy atom. The minimum Gasteiger partial charge on any atom is -0.353 e. The molecule has 5 nitrogen and oxygen atoms in total. The number of amides is 1. The van der Waals surface area contributed by atoms with Crippen molar-refractivity contribution in [3.63, 3.8) is 0 Å². The average Bonchev–Trinajstić information content (AvgIpc) is 2.27. The predicted octanol–water partition coefficient (Wildman–Crippen LogP) is 1.08. The average molecular weight is 266 g/mol. The van der Waals surface area contributed by atoms with Gasteiger partial charge in [0.1, 0.15) is 0 Å². The van der Waals surface area contributed by atoms with Gasteiger partial charge in [0, 0.05) is 26.2 Å². The zero-order chi connectivity index (χ0) is 14.6. The van der Waals surface area contributed by atoms with Crippen molar-refractivity contribution in [1.82, 2.24) is 15.1 Å². The SMILES string of the molecule is C=CCNC(=NC)N1CC(=O)N(C(C)C)C(C)(C)C1. The Bertz CT molecular complexity index is 374. The summed E-state index contributed by atoms with van der Waals surface area (Å²) in [6.45, 7) is 13.8. The third-order valence-electron chi connectivity index (χ3n) is 3.26. The highest BCUT2D eigenvalue weighted by atomic mass is 16.2. The summed E-state index contributed by atoms with van der Waals surface area (Å²) in [5.41, 5.74) is -0.199. The molecule has 0 spiro atoms. The van der Waals surface area contributed by atoms with Gasteiger partial charge in [0.25, 0.3) is 0 Å². The summed E-state index contributed by atoms with van der Waals surface area (Å²) in [7, 11) is 1.73. The van der Waals surface area contributed by atoms with Crippen molar-refractivity contribution in [2.75, 3.05) is 26.7 Å². The van der Waals surface area contributed by atoms with E-state index in [1.165, 1.54) is 0 Å². The minimum absolute atomic E-state index is 0.146. The molecule has 0 unspecified atom stereocenters. The van der Waals surface area contributed by atoms with Crippen molar-refractivity contribution < 1.29 is 4.79 Å². The number of carbonyl (C=O) groups is 1. The van der Waals surface area contributed by atoms with E-state index in [2.05, 4.69) is 44.6 Å². The normalized spacial score (nSPS) is 19.9. The summed E-state index contributed by atoms with van der Waals surface area (Å²) in [5.74, 6) is 0.900. The number of nitrogens with zero attached hydrogens (tertiary/aromatic N) is 3. The van der Waals surface area contributed by atoms with Crippen LogP contribution in [0, 0.1) is 0 Å². The van der Waals surface area contributed by atoms with Crippen LogP contribution in [0.4, 0.5) is 0 Å². The van der Waals surface area contributed by atoms with Crippen LogP contribution in [-0.4, -0.2) is 59.9 Å². The van der Waals surface area contributed by atoms with E-state index in [0.717, 1.165) is 12.5 Å². The lowest BCUT2D eigenvalue weighted by atomic mass is 9.96. The van der Waals surface area contributed by atoms with E-state index in [-0.39, 0.29) is 17.5 Å². The maximum absolute atomic E-state index is 12.3. The Hall–Kier alpha value is -1.52. The highest BCUT2D eigenvalue weighted by Crippen LogP contribution is 2.24. The first-order valence-corrected chi connectivity index (χ1v) is 6.72. The number of carbonyl (C=O) groups excluding carboxylic acids is 1. The molecule has 0 aliphatic carbocycles. The number of hydrogen-bond acceptors (Lipinski definition) is 2. The molecule has 0 radical (unpaired) electrons. The molecule has 1 fully saturated rings. The van der Waals surface area contributed by atoms with E-state index in [0.29, 0.717) is 13.1 Å². The molecule has 1 amide bonds. The molecule has 0 atom stereocenters. The number of aliphatic imine (C=N–C) groups is 1. The van der Waals surface area contributed by atoms with Gasteiger partial charge in [-0.2, -0.15) is 0 Å². The topological polar surface area (TPSA) is 47.9 Å². The molecule has 5 heteroatoms. The standard InChI is InChI=1S/C14H26N4O/c1-7-8-16-13(15-6)17-9-12(19)18(11(2)3)14(4,5)10-17/h7,11H,1,8-10H2,2-6H3,(H,15,16).